The maximum absolute atomic E-state index is 13.1. The zero-order valence-corrected chi connectivity index (χ0v) is 12.1. The average Bonchev–Trinajstić information content (AvgIpc) is 2.30. The third kappa shape index (κ3) is 3.76. The highest BCUT2D eigenvalue weighted by Gasteiger charge is 2.26. The number of nitrogens with two attached hydrogens (primary N) is 1. The van der Waals surface area contributed by atoms with E-state index in [1.807, 2.05) is 6.07 Å². The fourth-order valence-electron chi connectivity index (χ4n) is 1.71. The molecule has 0 radical (unpaired) electrons. The molecule has 0 bridgehead atoms. The Morgan fingerprint density at radius 3 is 2.59 bits per heavy atom. The molecule has 0 aromatic heterocycles. The summed E-state index contributed by atoms with van der Waals surface area (Å²) in [6.07, 6.45) is 1.82. The molecule has 0 amide bonds. The van der Waals surface area contributed by atoms with Crippen molar-refractivity contribution >= 4 is 15.9 Å². The monoisotopic (exact) mass is 302 g/mol. The summed E-state index contributed by atoms with van der Waals surface area (Å²) in [5, 5.41) is 0. The molecule has 3 N–H and O–H groups in total. The van der Waals surface area contributed by atoms with Gasteiger partial charge in [0.25, 0.3) is 0 Å². The van der Waals surface area contributed by atoms with E-state index in [-0.39, 0.29) is 17.3 Å². The molecule has 2 nitrogen and oxygen atoms in total. The van der Waals surface area contributed by atoms with Gasteiger partial charge in [0.15, 0.2) is 0 Å². The second-order valence-corrected chi connectivity index (χ2v) is 5.87. The van der Waals surface area contributed by atoms with Gasteiger partial charge in [0.1, 0.15) is 5.82 Å². The van der Waals surface area contributed by atoms with Crippen LogP contribution >= 0.6 is 15.9 Å². The Kier molecular flexibility index (Phi) is 5.10. The van der Waals surface area contributed by atoms with Crippen molar-refractivity contribution in [2.45, 2.75) is 39.7 Å². The molecule has 1 atom stereocenters. The minimum absolute atomic E-state index is 0.107. The second-order valence-electron chi connectivity index (χ2n) is 5.01. The predicted molar refractivity (Wildman–Crippen MR) is 73.0 cm³/mol. The van der Waals surface area contributed by atoms with Gasteiger partial charge in [0.2, 0.25) is 0 Å². The smallest absolute Gasteiger partial charge is 0.137 e. The second kappa shape index (κ2) is 5.94. The maximum Gasteiger partial charge on any atom is 0.137 e. The number of nitrogens with one attached hydrogen (secondary N) is 1. The third-order valence-electron chi connectivity index (χ3n) is 3.48. The number of benzene rings is 1. The predicted octanol–water partition coefficient (Wildman–Crippen LogP) is 3.40. The first-order valence-corrected chi connectivity index (χ1v) is 6.60. The van der Waals surface area contributed by atoms with Crippen LogP contribution in [0.5, 0.6) is 0 Å². The van der Waals surface area contributed by atoms with Crippen molar-refractivity contribution in [1.29, 1.82) is 0 Å². The number of halogens is 2. The van der Waals surface area contributed by atoms with Gasteiger partial charge in [0.05, 0.1) is 4.47 Å². The van der Waals surface area contributed by atoms with E-state index in [2.05, 4.69) is 42.1 Å². The Hall–Kier alpha value is -0.450. The number of hydrogen-bond donors (Lipinski definition) is 2. The zero-order chi connectivity index (χ0) is 13.1. The summed E-state index contributed by atoms with van der Waals surface area (Å²) in [5.74, 6) is 5.38. The van der Waals surface area contributed by atoms with Crippen LogP contribution in [0.25, 0.3) is 0 Å². The minimum atomic E-state index is -0.235. The summed E-state index contributed by atoms with van der Waals surface area (Å²) >= 11 is 3.20. The van der Waals surface area contributed by atoms with E-state index < -0.39 is 0 Å². The van der Waals surface area contributed by atoms with Crippen LogP contribution in [0.15, 0.2) is 22.7 Å². The zero-order valence-electron chi connectivity index (χ0n) is 10.6. The van der Waals surface area contributed by atoms with Crippen molar-refractivity contribution in [3.05, 3.63) is 34.1 Å². The van der Waals surface area contributed by atoms with Gasteiger partial charge in [-0.2, -0.15) is 0 Å². The van der Waals surface area contributed by atoms with Crippen molar-refractivity contribution in [3.63, 3.8) is 0 Å². The molecule has 0 spiro atoms. The van der Waals surface area contributed by atoms with Crippen LogP contribution in [0.1, 0.15) is 32.8 Å². The highest BCUT2D eigenvalue weighted by Crippen LogP contribution is 2.27. The van der Waals surface area contributed by atoms with Crippen LogP contribution in [0.3, 0.4) is 0 Å². The Morgan fingerprint density at radius 2 is 2.12 bits per heavy atom. The number of rotatable bonds is 5. The Labute approximate surface area is 111 Å². The highest BCUT2D eigenvalue weighted by molar-refractivity contribution is 9.10. The van der Waals surface area contributed by atoms with Crippen LogP contribution in [0.4, 0.5) is 4.39 Å². The molecule has 0 aliphatic carbocycles. The van der Waals surface area contributed by atoms with Gasteiger partial charge >= 0.3 is 0 Å². The quantitative estimate of drug-likeness (QED) is 0.646. The summed E-state index contributed by atoms with van der Waals surface area (Å²) in [6.45, 7) is 6.50. The molecule has 0 fully saturated rings. The van der Waals surface area contributed by atoms with Crippen LogP contribution in [-0.2, 0) is 6.42 Å². The molecule has 1 aromatic carbocycles. The molecule has 96 valence electrons. The first-order valence-electron chi connectivity index (χ1n) is 5.80. The van der Waals surface area contributed by atoms with Crippen molar-refractivity contribution in [2.75, 3.05) is 0 Å². The van der Waals surface area contributed by atoms with Crippen molar-refractivity contribution < 1.29 is 4.39 Å². The highest BCUT2D eigenvalue weighted by atomic mass is 79.9. The molecule has 1 rings (SSSR count). The lowest BCUT2D eigenvalue weighted by Crippen LogP contribution is -2.46. The standard InChI is InChI=1S/C13H20BrFN2/c1-4-13(2,3)12(17-16)8-9-5-6-11(15)10(14)7-9/h5-7,12,17H,4,8,16H2,1-3H3. The largest absolute Gasteiger partial charge is 0.271 e. The first-order chi connectivity index (χ1) is 7.90. The summed E-state index contributed by atoms with van der Waals surface area (Å²) < 4.78 is 13.6. The van der Waals surface area contributed by atoms with Crippen molar-refractivity contribution in [2.24, 2.45) is 11.3 Å². The number of hydrogen-bond acceptors (Lipinski definition) is 2. The van der Waals surface area contributed by atoms with E-state index in [0.29, 0.717) is 4.47 Å². The summed E-state index contributed by atoms with van der Waals surface area (Å²) in [4.78, 5) is 0. The van der Waals surface area contributed by atoms with Gasteiger partial charge in [0, 0.05) is 6.04 Å². The van der Waals surface area contributed by atoms with E-state index in [1.54, 1.807) is 6.07 Å². The van der Waals surface area contributed by atoms with E-state index in [4.69, 9.17) is 5.84 Å². The summed E-state index contributed by atoms with van der Waals surface area (Å²) in [7, 11) is 0. The van der Waals surface area contributed by atoms with Crippen LogP contribution < -0.4 is 11.3 Å². The molecule has 1 unspecified atom stereocenters. The van der Waals surface area contributed by atoms with E-state index in [9.17, 15) is 4.39 Å². The van der Waals surface area contributed by atoms with Crippen LogP contribution in [0, 0.1) is 11.2 Å². The van der Waals surface area contributed by atoms with Gasteiger partial charge in [-0.05, 0) is 51.9 Å². The first kappa shape index (κ1) is 14.6. The molecule has 17 heavy (non-hydrogen) atoms. The molecule has 0 saturated carbocycles. The molecule has 1 aromatic rings. The molecule has 4 heteroatoms. The average molecular weight is 303 g/mol. The maximum atomic E-state index is 13.1. The minimum Gasteiger partial charge on any atom is -0.271 e. The van der Waals surface area contributed by atoms with E-state index in [1.165, 1.54) is 6.07 Å². The van der Waals surface area contributed by atoms with Gasteiger partial charge in [-0.25, -0.2) is 4.39 Å². The summed E-state index contributed by atoms with van der Waals surface area (Å²) in [6, 6.07) is 5.26. The van der Waals surface area contributed by atoms with Gasteiger partial charge < -0.3 is 0 Å². The third-order valence-corrected chi connectivity index (χ3v) is 4.09. The lowest BCUT2D eigenvalue weighted by atomic mass is 9.79. The Balaban J connectivity index is 2.84. The summed E-state index contributed by atoms with van der Waals surface area (Å²) in [5.41, 5.74) is 4.05. The van der Waals surface area contributed by atoms with Crippen molar-refractivity contribution in [1.82, 2.24) is 5.43 Å². The molecule has 0 aliphatic rings. The van der Waals surface area contributed by atoms with Gasteiger partial charge in [-0.15, -0.1) is 0 Å². The molecular weight excluding hydrogens is 283 g/mol. The van der Waals surface area contributed by atoms with Crippen LogP contribution in [0.2, 0.25) is 0 Å². The molecule has 0 aliphatic heterocycles. The Bertz CT molecular complexity index is 380. The number of hydrazine groups is 1. The molecule has 0 saturated heterocycles. The van der Waals surface area contributed by atoms with Gasteiger partial charge in [-0.1, -0.05) is 26.8 Å². The fourth-order valence-corrected chi connectivity index (χ4v) is 2.14. The Morgan fingerprint density at radius 1 is 1.47 bits per heavy atom. The molecule has 0 heterocycles. The van der Waals surface area contributed by atoms with Gasteiger partial charge in [-0.3, -0.25) is 11.3 Å². The molecular formula is C13H20BrFN2. The van der Waals surface area contributed by atoms with Crippen LogP contribution in [-0.4, -0.2) is 6.04 Å². The van der Waals surface area contributed by atoms with E-state index >= 15 is 0 Å². The fraction of sp³-hybridized carbons (Fsp3) is 0.538. The lowest BCUT2D eigenvalue weighted by Gasteiger charge is -2.33. The lowest BCUT2D eigenvalue weighted by molar-refractivity contribution is 0.231. The van der Waals surface area contributed by atoms with Crippen molar-refractivity contribution in [3.8, 4) is 0 Å². The SMILES string of the molecule is CCC(C)(C)C(Cc1ccc(F)c(Br)c1)NN. The van der Waals surface area contributed by atoms with E-state index in [0.717, 1.165) is 18.4 Å². The topological polar surface area (TPSA) is 38.0 Å². The normalized spacial score (nSPS) is 13.8.